The van der Waals surface area contributed by atoms with Crippen LogP contribution < -0.4 is 0 Å². The van der Waals surface area contributed by atoms with Gasteiger partial charge >= 0.3 is 0 Å². The van der Waals surface area contributed by atoms with Crippen molar-refractivity contribution in [1.29, 1.82) is 0 Å². The number of benzene rings is 4. The number of nitrogens with zero attached hydrogens (tertiary/aromatic N) is 1. The molecular formula is C28H23N. The fourth-order valence-corrected chi connectivity index (χ4v) is 4.02. The van der Waals surface area contributed by atoms with Gasteiger partial charge in [-0.25, -0.2) is 0 Å². The Bertz CT molecular complexity index is 1230. The second-order valence-electron chi connectivity index (χ2n) is 7.57. The first-order chi connectivity index (χ1) is 14.3. The van der Waals surface area contributed by atoms with E-state index in [9.17, 15) is 0 Å². The molecule has 140 valence electrons. The van der Waals surface area contributed by atoms with E-state index in [-0.39, 0.29) is 0 Å². The number of hydrogen-bond donors (Lipinski definition) is 0. The van der Waals surface area contributed by atoms with E-state index in [0.717, 1.165) is 13.0 Å². The lowest BCUT2D eigenvalue weighted by molar-refractivity contribution is 0.812. The number of fused-ring (bicyclic) bond motifs is 1. The van der Waals surface area contributed by atoms with E-state index in [2.05, 4.69) is 120 Å². The second kappa shape index (κ2) is 7.81. The third kappa shape index (κ3) is 3.86. The van der Waals surface area contributed by atoms with E-state index < -0.39 is 0 Å². The summed E-state index contributed by atoms with van der Waals surface area (Å²) in [5.74, 6) is 0. The van der Waals surface area contributed by atoms with Crippen molar-refractivity contribution in [3.8, 4) is 11.3 Å². The van der Waals surface area contributed by atoms with Gasteiger partial charge in [-0.05, 0) is 51.6 Å². The molecule has 29 heavy (non-hydrogen) atoms. The van der Waals surface area contributed by atoms with Gasteiger partial charge in [0, 0.05) is 18.4 Å². The molecule has 1 heterocycles. The second-order valence-corrected chi connectivity index (χ2v) is 7.57. The maximum absolute atomic E-state index is 2.39. The van der Waals surface area contributed by atoms with Gasteiger partial charge in [-0.2, -0.15) is 0 Å². The summed E-state index contributed by atoms with van der Waals surface area (Å²) >= 11 is 0. The molecule has 0 bridgehead atoms. The Morgan fingerprint density at radius 3 is 2.00 bits per heavy atom. The zero-order chi connectivity index (χ0) is 19.5. The van der Waals surface area contributed by atoms with E-state index >= 15 is 0 Å². The highest BCUT2D eigenvalue weighted by Crippen LogP contribution is 2.26. The largest absolute Gasteiger partial charge is 0.343 e. The molecule has 0 aliphatic carbocycles. The molecule has 0 fully saturated rings. The minimum absolute atomic E-state index is 0.865. The van der Waals surface area contributed by atoms with Crippen LogP contribution in [0.2, 0.25) is 0 Å². The fourth-order valence-electron chi connectivity index (χ4n) is 4.02. The summed E-state index contributed by atoms with van der Waals surface area (Å²) in [6.07, 6.45) is 3.26. The smallest absolute Gasteiger partial charge is 0.0486 e. The summed E-state index contributed by atoms with van der Waals surface area (Å²) in [5, 5.41) is 2.58. The molecule has 5 aromatic rings. The zero-order valence-corrected chi connectivity index (χ0v) is 16.3. The average molecular weight is 373 g/mol. The molecule has 0 amide bonds. The van der Waals surface area contributed by atoms with Crippen molar-refractivity contribution in [2.75, 3.05) is 0 Å². The summed E-state index contributed by atoms with van der Waals surface area (Å²) in [5.41, 5.74) is 6.53. The first-order valence-corrected chi connectivity index (χ1v) is 10.1. The molecule has 1 heteroatoms. The molecule has 0 unspecified atom stereocenters. The van der Waals surface area contributed by atoms with E-state index in [1.165, 1.54) is 38.7 Å². The predicted octanol–water partition coefficient (Wildman–Crippen LogP) is 6.95. The molecule has 0 aliphatic heterocycles. The van der Waals surface area contributed by atoms with Gasteiger partial charge in [0.05, 0.1) is 0 Å². The van der Waals surface area contributed by atoms with Crippen molar-refractivity contribution >= 4 is 10.8 Å². The number of rotatable bonds is 5. The van der Waals surface area contributed by atoms with Gasteiger partial charge in [0.2, 0.25) is 0 Å². The lowest BCUT2D eigenvalue weighted by Crippen LogP contribution is -2.00. The Morgan fingerprint density at radius 1 is 0.517 bits per heavy atom. The lowest BCUT2D eigenvalue weighted by atomic mass is 10.1. The number of aromatic nitrogens is 1. The van der Waals surface area contributed by atoms with Crippen molar-refractivity contribution in [2.45, 2.75) is 13.0 Å². The molecule has 0 radical (unpaired) electrons. The maximum atomic E-state index is 2.39. The lowest BCUT2D eigenvalue weighted by Gasteiger charge is -2.10. The summed E-state index contributed by atoms with van der Waals surface area (Å²) in [6, 6.07) is 39.0. The van der Waals surface area contributed by atoms with Crippen LogP contribution in [0.1, 0.15) is 16.7 Å². The minimum atomic E-state index is 0.865. The zero-order valence-electron chi connectivity index (χ0n) is 16.3. The predicted molar refractivity (Wildman–Crippen MR) is 122 cm³/mol. The van der Waals surface area contributed by atoms with Crippen molar-refractivity contribution in [3.63, 3.8) is 0 Å². The molecule has 1 aromatic heterocycles. The number of hydrogen-bond acceptors (Lipinski definition) is 0. The van der Waals surface area contributed by atoms with Crippen molar-refractivity contribution < 1.29 is 0 Å². The third-order valence-electron chi connectivity index (χ3n) is 5.44. The molecule has 0 spiro atoms. The first kappa shape index (κ1) is 17.5. The van der Waals surface area contributed by atoms with Crippen LogP contribution in [0.3, 0.4) is 0 Å². The van der Waals surface area contributed by atoms with Crippen LogP contribution in [-0.4, -0.2) is 4.57 Å². The summed E-state index contributed by atoms with van der Waals surface area (Å²) in [6.45, 7) is 0.865. The Labute approximate surface area is 171 Å². The van der Waals surface area contributed by atoms with Crippen LogP contribution in [0.4, 0.5) is 0 Å². The van der Waals surface area contributed by atoms with E-state index in [4.69, 9.17) is 0 Å². The molecule has 0 aliphatic rings. The first-order valence-electron chi connectivity index (χ1n) is 10.1. The van der Waals surface area contributed by atoms with Crippen molar-refractivity contribution in [2.24, 2.45) is 0 Å². The van der Waals surface area contributed by atoms with Crippen LogP contribution in [0.25, 0.3) is 22.0 Å². The quantitative estimate of drug-likeness (QED) is 0.314. The highest BCUT2D eigenvalue weighted by atomic mass is 15.0. The highest BCUT2D eigenvalue weighted by Gasteiger charge is 2.10. The van der Waals surface area contributed by atoms with Gasteiger partial charge < -0.3 is 4.57 Å². The monoisotopic (exact) mass is 373 g/mol. The van der Waals surface area contributed by atoms with Gasteiger partial charge in [-0.15, -0.1) is 0 Å². The van der Waals surface area contributed by atoms with Gasteiger partial charge in [0.15, 0.2) is 0 Å². The van der Waals surface area contributed by atoms with Crippen LogP contribution in [0.15, 0.2) is 115 Å². The average Bonchev–Trinajstić information content (AvgIpc) is 3.17. The third-order valence-corrected chi connectivity index (χ3v) is 5.44. The van der Waals surface area contributed by atoms with E-state index in [0.29, 0.717) is 0 Å². The summed E-state index contributed by atoms with van der Waals surface area (Å²) in [7, 11) is 0. The Kier molecular flexibility index (Phi) is 4.72. The highest BCUT2D eigenvalue weighted by molar-refractivity contribution is 5.83. The fraction of sp³-hybridized carbons (Fsp3) is 0.0714. The molecule has 0 saturated carbocycles. The molecule has 4 aromatic carbocycles. The summed E-state index contributed by atoms with van der Waals surface area (Å²) in [4.78, 5) is 0. The molecule has 0 saturated heterocycles. The van der Waals surface area contributed by atoms with E-state index in [1.54, 1.807) is 0 Å². The van der Waals surface area contributed by atoms with E-state index in [1.807, 2.05) is 0 Å². The molecule has 0 atom stereocenters. The van der Waals surface area contributed by atoms with Gasteiger partial charge in [-0.1, -0.05) is 97.1 Å². The Morgan fingerprint density at radius 2 is 1.21 bits per heavy atom. The Balaban J connectivity index is 1.52. The van der Waals surface area contributed by atoms with Crippen molar-refractivity contribution in [3.05, 3.63) is 132 Å². The van der Waals surface area contributed by atoms with Crippen molar-refractivity contribution in [1.82, 2.24) is 4.57 Å². The van der Waals surface area contributed by atoms with Crippen LogP contribution in [0.5, 0.6) is 0 Å². The maximum Gasteiger partial charge on any atom is 0.0486 e. The molecular weight excluding hydrogens is 350 g/mol. The normalized spacial score (nSPS) is 11.0. The van der Waals surface area contributed by atoms with Crippen LogP contribution in [-0.2, 0) is 13.0 Å². The molecule has 0 N–H and O–H groups in total. The van der Waals surface area contributed by atoms with Gasteiger partial charge in [0.25, 0.3) is 0 Å². The summed E-state index contributed by atoms with van der Waals surface area (Å²) < 4.78 is 2.39. The molecule has 5 rings (SSSR count). The molecule has 1 nitrogen and oxygen atoms in total. The standard InChI is InChI=1S/C28H23N/c1-3-9-22(10-4-1)17-24-19-28(26-12-5-2-6-13-26)29(21-24)20-23-15-16-25-11-7-8-14-27(25)18-23/h1-16,18-19,21H,17,20H2. The van der Waals surface area contributed by atoms with Crippen LogP contribution in [0, 0.1) is 0 Å². The minimum Gasteiger partial charge on any atom is -0.343 e. The Hall–Kier alpha value is -3.58. The van der Waals surface area contributed by atoms with Crippen LogP contribution >= 0.6 is 0 Å². The van der Waals surface area contributed by atoms with Gasteiger partial charge in [0.1, 0.15) is 0 Å². The topological polar surface area (TPSA) is 4.93 Å². The SMILES string of the molecule is c1ccc(Cc2cc(-c3ccccc3)n(Cc3ccc4ccccc4c3)c2)cc1. The van der Waals surface area contributed by atoms with Gasteiger partial charge in [-0.3, -0.25) is 0 Å².